The van der Waals surface area contributed by atoms with Crippen molar-refractivity contribution in [3.63, 3.8) is 0 Å². The summed E-state index contributed by atoms with van der Waals surface area (Å²) in [5.74, 6) is 0.629. The highest BCUT2D eigenvalue weighted by atomic mass is 32.2. The lowest BCUT2D eigenvalue weighted by atomic mass is 9.95. The van der Waals surface area contributed by atoms with E-state index in [4.69, 9.17) is 0 Å². The highest BCUT2D eigenvalue weighted by Crippen LogP contribution is 2.27. The Balaban J connectivity index is 1.89. The molecule has 0 saturated carbocycles. The van der Waals surface area contributed by atoms with Gasteiger partial charge in [0.15, 0.2) is 0 Å². The minimum atomic E-state index is 0.629. The van der Waals surface area contributed by atoms with Crippen LogP contribution in [0.2, 0.25) is 0 Å². The van der Waals surface area contributed by atoms with Crippen molar-refractivity contribution in [2.24, 2.45) is 0 Å². The number of thioether (sulfide) groups is 1. The van der Waals surface area contributed by atoms with E-state index in [1.54, 1.807) is 11.8 Å². The fourth-order valence-corrected chi connectivity index (χ4v) is 3.09. The summed E-state index contributed by atoms with van der Waals surface area (Å²) in [6.07, 6.45) is 8.47. The molecule has 2 heterocycles. The van der Waals surface area contributed by atoms with E-state index >= 15 is 0 Å². The van der Waals surface area contributed by atoms with Crippen molar-refractivity contribution in [2.75, 3.05) is 19.3 Å². The summed E-state index contributed by atoms with van der Waals surface area (Å²) >= 11 is 1.77. The molecule has 1 aromatic carbocycles. The van der Waals surface area contributed by atoms with Crippen molar-refractivity contribution < 1.29 is 0 Å². The zero-order chi connectivity index (χ0) is 13.1. The minimum Gasteiger partial charge on any atom is -0.317 e. The van der Waals surface area contributed by atoms with E-state index in [9.17, 15) is 0 Å². The van der Waals surface area contributed by atoms with Gasteiger partial charge in [0.25, 0.3) is 0 Å². The summed E-state index contributed by atoms with van der Waals surface area (Å²) in [6.45, 7) is 2.22. The Morgan fingerprint density at radius 1 is 1.21 bits per heavy atom. The molecule has 1 saturated heterocycles. The van der Waals surface area contributed by atoms with Crippen LogP contribution in [0.15, 0.2) is 41.7 Å². The first-order valence-electron chi connectivity index (χ1n) is 6.76. The van der Waals surface area contributed by atoms with E-state index in [-0.39, 0.29) is 0 Å². The maximum Gasteiger partial charge on any atom is 0.0994 e. The first-order chi connectivity index (χ1) is 9.38. The summed E-state index contributed by atoms with van der Waals surface area (Å²) in [4.78, 5) is 5.65. The van der Waals surface area contributed by atoms with Crippen LogP contribution in [0.5, 0.6) is 0 Å². The zero-order valence-electron chi connectivity index (χ0n) is 11.2. The third-order valence-electron chi connectivity index (χ3n) is 3.78. The molecular formula is C15H19N3S. The Bertz CT molecular complexity index is 527. The SMILES string of the molecule is CSc1ccc(-n2cncc2C2CCNCC2)cc1. The number of piperidine rings is 1. The third-order valence-corrected chi connectivity index (χ3v) is 4.52. The smallest absolute Gasteiger partial charge is 0.0994 e. The number of rotatable bonds is 3. The van der Waals surface area contributed by atoms with Gasteiger partial charge >= 0.3 is 0 Å². The van der Waals surface area contributed by atoms with Crippen LogP contribution in [0.25, 0.3) is 5.69 Å². The summed E-state index contributed by atoms with van der Waals surface area (Å²) in [5.41, 5.74) is 2.56. The van der Waals surface area contributed by atoms with Gasteiger partial charge < -0.3 is 9.88 Å². The summed E-state index contributed by atoms with van der Waals surface area (Å²) in [5, 5.41) is 3.42. The van der Waals surface area contributed by atoms with Gasteiger partial charge in [-0.05, 0) is 56.5 Å². The number of imidazole rings is 1. The van der Waals surface area contributed by atoms with Crippen LogP contribution in [0.3, 0.4) is 0 Å². The molecular weight excluding hydrogens is 254 g/mol. The number of hydrogen-bond donors (Lipinski definition) is 1. The fraction of sp³-hybridized carbons (Fsp3) is 0.400. The standard InChI is InChI=1S/C15H19N3S/c1-19-14-4-2-13(3-5-14)18-11-17-10-15(18)12-6-8-16-9-7-12/h2-5,10-12,16H,6-9H2,1H3. The molecule has 1 aromatic heterocycles. The number of nitrogens with zero attached hydrogens (tertiary/aromatic N) is 2. The Morgan fingerprint density at radius 3 is 2.63 bits per heavy atom. The Kier molecular flexibility index (Phi) is 3.89. The van der Waals surface area contributed by atoms with Crippen molar-refractivity contribution in [1.29, 1.82) is 0 Å². The van der Waals surface area contributed by atoms with Gasteiger partial charge in [-0.3, -0.25) is 0 Å². The molecule has 1 fully saturated rings. The average molecular weight is 273 g/mol. The molecule has 0 amide bonds. The molecule has 1 aliphatic rings. The second-order valence-corrected chi connectivity index (χ2v) is 5.79. The minimum absolute atomic E-state index is 0.629. The number of hydrogen-bond acceptors (Lipinski definition) is 3. The van der Waals surface area contributed by atoms with Gasteiger partial charge in [0.1, 0.15) is 0 Å². The van der Waals surface area contributed by atoms with Crippen molar-refractivity contribution in [2.45, 2.75) is 23.7 Å². The second-order valence-electron chi connectivity index (χ2n) is 4.91. The van der Waals surface area contributed by atoms with Crippen LogP contribution in [0.4, 0.5) is 0 Å². The molecule has 100 valence electrons. The highest BCUT2D eigenvalue weighted by molar-refractivity contribution is 7.98. The summed E-state index contributed by atoms with van der Waals surface area (Å²) in [7, 11) is 0. The van der Waals surface area contributed by atoms with E-state index in [0.29, 0.717) is 5.92 Å². The lowest BCUT2D eigenvalue weighted by Gasteiger charge is -2.23. The molecule has 0 atom stereocenters. The molecule has 3 rings (SSSR count). The predicted octanol–water partition coefficient (Wildman–Crippen LogP) is 3.06. The predicted molar refractivity (Wildman–Crippen MR) is 80.2 cm³/mol. The molecule has 0 unspecified atom stereocenters. The molecule has 4 heteroatoms. The third kappa shape index (κ3) is 2.69. The van der Waals surface area contributed by atoms with Gasteiger partial charge in [-0.2, -0.15) is 0 Å². The van der Waals surface area contributed by atoms with Crippen LogP contribution in [-0.4, -0.2) is 28.9 Å². The van der Waals surface area contributed by atoms with E-state index in [1.807, 2.05) is 12.5 Å². The van der Waals surface area contributed by atoms with E-state index in [1.165, 1.54) is 29.1 Å². The maximum atomic E-state index is 4.35. The van der Waals surface area contributed by atoms with Crippen LogP contribution in [0, 0.1) is 0 Å². The summed E-state index contributed by atoms with van der Waals surface area (Å²) < 4.78 is 2.24. The van der Waals surface area contributed by atoms with Crippen LogP contribution in [-0.2, 0) is 0 Å². The quantitative estimate of drug-likeness (QED) is 0.872. The average Bonchev–Trinajstić information content (AvgIpc) is 2.98. The van der Waals surface area contributed by atoms with E-state index in [2.05, 4.69) is 45.4 Å². The largest absolute Gasteiger partial charge is 0.317 e. The Labute approximate surface area is 118 Å². The lowest BCUT2D eigenvalue weighted by Crippen LogP contribution is -2.27. The first-order valence-corrected chi connectivity index (χ1v) is 7.98. The van der Waals surface area contributed by atoms with Gasteiger partial charge in [-0.25, -0.2) is 4.98 Å². The van der Waals surface area contributed by atoms with Crippen molar-refractivity contribution in [1.82, 2.24) is 14.9 Å². The second kappa shape index (κ2) is 5.80. The molecule has 2 aromatic rings. The molecule has 1 aliphatic heterocycles. The molecule has 19 heavy (non-hydrogen) atoms. The topological polar surface area (TPSA) is 29.9 Å². The van der Waals surface area contributed by atoms with Crippen LogP contribution < -0.4 is 5.32 Å². The fourth-order valence-electron chi connectivity index (χ4n) is 2.68. The number of nitrogens with one attached hydrogen (secondary N) is 1. The molecule has 0 bridgehead atoms. The van der Waals surface area contributed by atoms with Gasteiger partial charge in [0, 0.05) is 28.4 Å². The van der Waals surface area contributed by atoms with Crippen molar-refractivity contribution >= 4 is 11.8 Å². The molecule has 3 nitrogen and oxygen atoms in total. The van der Waals surface area contributed by atoms with Gasteiger partial charge in [-0.15, -0.1) is 11.8 Å². The van der Waals surface area contributed by atoms with Crippen LogP contribution in [0.1, 0.15) is 24.5 Å². The van der Waals surface area contributed by atoms with Gasteiger partial charge in [0.2, 0.25) is 0 Å². The summed E-state index contributed by atoms with van der Waals surface area (Å²) in [6, 6.07) is 8.70. The Morgan fingerprint density at radius 2 is 1.95 bits per heavy atom. The van der Waals surface area contributed by atoms with Gasteiger partial charge in [-0.1, -0.05) is 0 Å². The number of benzene rings is 1. The normalized spacial score (nSPS) is 16.7. The number of aromatic nitrogens is 2. The van der Waals surface area contributed by atoms with E-state index < -0.39 is 0 Å². The first kappa shape index (κ1) is 12.8. The van der Waals surface area contributed by atoms with Gasteiger partial charge in [0.05, 0.1) is 6.33 Å². The maximum absolute atomic E-state index is 4.35. The molecule has 0 spiro atoms. The van der Waals surface area contributed by atoms with E-state index in [0.717, 1.165) is 13.1 Å². The zero-order valence-corrected chi connectivity index (χ0v) is 12.0. The molecule has 1 N–H and O–H groups in total. The monoisotopic (exact) mass is 273 g/mol. The molecule has 0 aliphatic carbocycles. The Hall–Kier alpha value is -1.26. The lowest BCUT2D eigenvalue weighted by molar-refractivity contribution is 0.449. The molecule has 0 radical (unpaired) electrons. The van der Waals surface area contributed by atoms with Crippen molar-refractivity contribution in [3.8, 4) is 5.69 Å². The van der Waals surface area contributed by atoms with Crippen molar-refractivity contribution in [3.05, 3.63) is 42.5 Å². The highest BCUT2D eigenvalue weighted by Gasteiger charge is 2.19. The van der Waals surface area contributed by atoms with Crippen LogP contribution >= 0.6 is 11.8 Å².